The summed E-state index contributed by atoms with van der Waals surface area (Å²) in [6.45, 7) is 2.39. The average Bonchev–Trinajstić information content (AvgIpc) is 3.00. The van der Waals surface area contributed by atoms with Gasteiger partial charge in [0, 0.05) is 18.3 Å². The highest BCUT2D eigenvalue weighted by Crippen LogP contribution is 2.58. The van der Waals surface area contributed by atoms with Gasteiger partial charge in [-0.25, -0.2) is 8.42 Å². The molecule has 3 nitrogen and oxygen atoms in total. The van der Waals surface area contributed by atoms with Crippen LogP contribution in [0.25, 0.3) is 0 Å². The lowest BCUT2D eigenvalue weighted by Gasteiger charge is -2.32. The molecule has 0 aromatic heterocycles. The Morgan fingerprint density at radius 2 is 1.89 bits per heavy atom. The van der Waals surface area contributed by atoms with Crippen LogP contribution in [0.3, 0.4) is 0 Å². The average molecular weight is 271 g/mol. The largest absolute Gasteiger partial charge is 0.313 e. The Morgan fingerprint density at radius 1 is 1.11 bits per heavy atom. The molecular weight excluding hydrogens is 246 g/mol. The maximum Gasteiger partial charge on any atom is 0.151 e. The van der Waals surface area contributed by atoms with Gasteiger partial charge in [0.25, 0.3) is 0 Å². The second-order valence-corrected chi connectivity index (χ2v) is 8.92. The van der Waals surface area contributed by atoms with Crippen LogP contribution in [0.5, 0.6) is 0 Å². The first-order valence-corrected chi connectivity index (χ1v) is 9.36. The molecule has 1 N–H and O–H groups in total. The fourth-order valence-corrected chi connectivity index (χ4v) is 5.56. The van der Waals surface area contributed by atoms with E-state index >= 15 is 0 Å². The molecular formula is C14H25NO2S. The Labute approximate surface area is 111 Å². The van der Waals surface area contributed by atoms with E-state index in [0.717, 1.165) is 23.7 Å². The summed E-state index contributed by atoms with van der Waals surface area (Å²) >= 11 is 0. The zero-order chi connectivity index (χ0) is 12.8. The molecule has 0 aliphatic heterocycles. The van der Waals surface area contributed by atoms with Crippen LogP contribution in [0, 0.1) is 23.7 Å². The van der Waals surface area contributed by atoms with E-state index < -0.39 is 9.84 Å². The number of rotatable bonds is 5. The molecule has 0 amide bonds. The predicted molar refractivity (Wildman–Crippen MR) is 73.2 cm³/mol. The number of fused-ring (bicyclic) bond motifs is 5. The molecule has 104 valence electrons. The fourth-order valence-electron chi connectivity index (χ4n) is 4.85. The van der Waals surface area contributed by atoms with Crippen LogP contribution in [0.15, 0.2) is 0 Å². The van der Waals surface area contributed by atoms with E-state index in [1.54, 1.807) is 6.92 Å². The molecule has 3 aliphatic carbocycles. The van der Waals surface area contributed by atoms with Crippen molar-refractivity contribution in [3.63, 3.8) is 0 Å². The van der Waals surface area contributed by atoms with Crippen LogP contribution in [0.1, 0.15) is 39.0 Å². The SMILES string of the molecule is CCS(=O)(=O)CCN[C@@H]1C[C@H]2C[C@@H]1[C@@H]1CCC[C@@H]21. The Balaban J connectivity index is 1.51. The highest BCUT2D eigenvalue weighted by atomic mass is 32.2. The van der Waals surface area contributed by atoms with Gasteiger partial charge in [0.15, 0.2) is 9.84 Å². The molecule has 0 aromatic rings. The van der Waals surface area contributed by atoms with Gasteiger partial charge in [-0.3, -0.25) is 0 Å². The van der Waals surface area contributed by atoms with Crippen molar-refractivity contribution in [2.75, 3.05) is 18.1 Å². The van der Waals surface area contributed by atoms with E-state index in [1.165, 1.54) is 32.1 Å². The van der Waals surface area contributed by atoms with Crippen molar-refractivity contribution >= 4 is 9.84 Å². The first kappa shape index (κ1) is 12.9. The van der Waals surface area contributed by atoms with Gasteiger partial charge in [-0.05, 0) is 49.4 Å². The first-order valence-electron chi connectivity index (χ1n) is 7.54. The number of nitrogens with one attached hydrogen (secondary N) is 1. The summed E-state index contributed by atoms with van der Waals surface area (Å²) in [4.78, 5) is 0. The van der Waals surface area contributed by atoms with Gasteiger partial charge >= 0.3 is 0 Å². The van der Waals surface area contributed by atoms with Crippen molar-refractivity contribution < 1.29 is 8.42 Å². The second-order valence-electron chi connectivity index (χ2n) is 6.45. The third kappa shape index (κ3) is 2.22. The molecule has 2 bridgehead atoms. The van der Waals surface area contributed by atoms with Crippen molar-refractivity contribution in [3.05, 3.63) is 0 Å². The smallest absolute Gasteiger partial charge is 0.151 e. The van der Waals surface area contributed by atoms with Crippen LogP contribution in [0.4, 0.5) is 0 Å². The van der Waals surface area contributed by atoms with Gasteiger partial charge in [0.1, 0.15) is 0 Å². The standard InChI is InChI=1S/C14H25NO2S/c1-2-18(16,17)7-6-15-14-9-10-8-13(14)12-5-3-4-11(10)12/h10-15H,2-9H2,1H3/t10-,11+,12-,13-,14-/m1/s1. The summed E-state index contributed by atoms with van der Waals surface area (Å²) in [5.41, 5.74) is 0. The molecule has 0 heterocycles. The summed E-state index contributed by atoms with van der Waals surface area (Å²) in [5.74, 6) is 4.37. The van der Waals surface area contributed by atoms with Crippen molar-refractivity contribution in [1.82, 2.24) is 5.32 Å². The lowest BCUT2D eigenvalue weighted by Crippen LogP contribution is -2.41. The Hall–Kier alpha value is -0.0900. The molecule has 3 rings (SSSR count). The van der Waals surface area contributed by atoms with Gasteiger partial charge < -0.3 is 5.32 Å². The van der Waals surface area contributed by atoms with Crippen molar-refractivity contribution in [2.45, 2.75) is 45.1 Å². The van der Waals surface area contributed by atoms with Gasteiger partial charge in [0.05, 0.1) is 5.75 Å². The molecule has 0 radical (unpaired) electrons. The van der Waals surface area contributed by atoms with E-state index in [9.17, 15) is 8.42 Å². The molecule has 3 aliphatic rings. The zero-order valence-electron chi connectivity index (χ0n) is 11.3. The Kier molecular flexibility index (Phi) is 3.43. The quantitative estimate of drug-likeness (QED) is 0.830. The number of hydrogen-bond acceptors (Lipinski definition) is 3. The minimum Gasteiger partial charge on any atom is -0.313 e. The van der Waals surface area contributed by atoms with Crippen molar-refractivity contribution in [2.24, 2.45) is 23.7 Å². The van der Waals surface area contributed by atoms with E-state index in [4.69, 9.17) is 0 Å². The summed E-state index contributed by atoms with van der Waals surface area (Å²) in [5, 5.41) is 3.54. The molecule has 18 heavy (non-hydrogen) atoms. The highest BCUT2D eigenvalue weighted by Gasteiger charge is 2.53. The number of sulfone groups is 1. The van der Waals surface area contributed by atoms with E-state index in [0.29, 0.717) is 18.3 Å². The maximum atomic E-state index is 11.5. The van der Waals surface area contributed by atoms with Gasteiger partial charge in [-0.15, -0.1) is 0 Å². The maximum absolute atomic E-state index is 11.5. The molecule has 3 fully saturated rings. The molecule has 0 unspecified atom stereocenters. The van der Waals surface area contributed by atoms with Crippen LogP contribution < -0.4 is 5.32 Å². The fraction of sp³-hybridized carbons (Fsp3) is 1.00. The Bertz CT molecular complexity index is 406. The van der Waals surface area contributed by atoms with Crippen LogP contribution in [0.2, 0.25) is 0 Å². The monoisotopic (exact) mass is 271 g/mol. The third-order valence-corrected chi connectivity index (χ3v) is 7.39. The Morgan fingerprint density at radius 3 is 2.67 bits per heavy atom. The zero-order valence-corrected chi connectivity index (χ0v) is 12.1. The summed E-state index contributed by atoms with van der Waals surface area (Å²) in [6.07, 6.45) is 7.03. The summed E-state index contributed by atoms with van der Waals surface area (Å²) in [6, 6.07) is 0.612. The normalized spacial score (nSPS) is 42.4. The predicted octanol–water partition coefficient (Wildman–Crippen LogP) is 1.84. The van der Waals surface area contributed by atoms with Crippen LogP contribution in [-0.2, 0) is 9.84 Å². The van der Waals surface area contributed by atoms with E-state index in [2.05, 4.69) is 5.32 Å². The minimum absolute atomic E-state index is 0.274. The topological polar surface area (TPSA) is 46.2 Å². The number of hydrogen-bond donors (Lipinski definition) is 1. The molecule has 5 atom stereocenters. The van der Waals surface area contributed by atoms with Crippen LogP contribution >= 0.6 is 0 Å². The minimum atomic E-state index is -2.80. The van der Waals surface area contributed by atoms with Gasteiger partial charge in [-0.1, -0.05) is 13.3 Å². The van der Waals surface area contributed by atoms with Gasteiger partial charge in [0.2, 0.25) is 0 Å². The molecule has 0 spiro atoms. The second kappa shape index (κ2) is 4.78. The third-order valence-electron chi connectivity index (χ3n) is 5.69. The summed E-state index contributed by atoms with van der Waals surface area (Å²) in [7, 11) is -2.80. The summed E-state index contributed by atoms with van der Waals surface area (Å²) < 4.78 is 23.0. The van der Waals surface area contributed by atoms with Gasteiger partial charge in [-0.2, -0.15) is 0 Å². The molecule has 0 saturated heterocycles. The lowest BCUT2D eigenvalue weighted by molar-refractivity contribution is 0.211. The highest BCUT2D eigenvalue weighted by molar-refractivity contribution is 7.91. The van der Waals surface area contributed by atoms with E-state index in [-0.39, 0.29) is 5.75 Å². The van der Waals surface area contributed by atoms with Crippen molar-refractivity contribution in [1.29, 1.82) is 0 Å². The molecule has 3 saturated carbocycles. The molecule has 4 heteroatoms. The first-order chi connectivity index (χ1) is 8.61. The van der Waals surface area contributed by atoms with Crippen LogP contribution in [-0.4, -0.2) is 32.5 Å². The van der Waals surface area contributed by atoms with Crippen molar-refractivity contribution in [3.8, 4) is 0 Å². The molecule has 0 aromatic carbocycles. The lowest BCUT2D eigenvalue weighted by atomic mass is 9.79. The van der Waals surface area contributed by atoms with E-state index in [1.807, 2.05) is 0 Å².